The number of rotatable bonds is 8. The third-order valence-corrected chi connectivity index (χ3v) is 6.06. The predicted octanol–water partition coefficient (Wildman–Crippen LogP) is 3.50. The molecule has 2 aliphatic rings. The van der Waals surface area contributed by atoms with Crippen LogP contribution < -0.4 is 5.32 Å². The highest BCUT2D eigenvalue weighted by atomic mass is 16.5. The average molecular weight is 424 g/mol. The van der Waals surface area contributed by atoms with Gasteiger partial charge in [0.05, 0.1) is 13.2 Å². The Labute approximate surface area is 184 Å². The SMILES string of the molecule is CC(C)(C(/C=C\CNC(=O)c1nc(C#N)c[nH]1)=C/CC1=CCCCC1)N1CCOCC1. The molecule has 0 bridgehead atoms. The number of nitrogens with one attached hydrogen (secondary N) is 2. The quantitative estimate of drug-likeness (QED) is 0.493. The van der Waals surface area contributed by atoms with Crippen LogP contribution in [0.15, 0.2) is 41.6 Å². The molecule has 1 aliphatic heterocycles. The molecular formula is C24H33N5O2. The summed E-state index contributed by atoms with van der Waals surface area (Å²) in [5, 5.41) is 11.7. The van der Waals surface area contributed by atoms with Gasteiger partial charge in [0.15, 0.2) is 11.5 Å². The maximum absolute atomic E-state index is 12.2. The summed E-state index contributed by atoms with van der Waals surface area (Å²) in [6.45, 7) is 8.25. The predicted molar refractivity (Wildman–Crippen MR) is 120 cm³/mol. The molecule has 1 fully saturated rings. The number of carbonyl (C=O) groups is 1. The first-order valence-corrected chi connectivity index (χ1v) is 11.1. The van der Waals surface area contributed by atoms with Crippen LogP contribution in [0.25, 0.3) is 0 Å². The van der Waals surface area contributed by atoms with Crippen LogP contribution in [0.4, 0.5) is 0 Å². The van der Waals surface area contributed by atoms with E-state index in [1.807, 2.05) is 12.1 Å². The number of aromatic amines is 1. The number of nitriles is 1. The van der Waals surface area contributed by atoms with E-state index in [-0.39, 0.29) is 23.0 Å². The number of allylic oxidation sites excluding steroid dienone is 3. The Kier molecular flexibility index (Phi) is 8.21. The third-order valence-electron chi connectivity index (χ3n) is 6.06. The summed E-state index contributed by atoms with van der Waals surface area (Å²) in [6, 6.07) is 1.91. The van der Waals surface area contributed by atoms with Gasteiger partial charge in [0.2, 0.25) is 0 Å². The van der Waals surface area contributed by atoms with E-state index in [1.54, 1.807) is 0 Å². The molecule has 0 unspecified atom stereocenters. The highest BCUT2D eigenvalue weighted by Gasteiger charge is 2.30. The number of ether oxygens (including phenoxy) is 1. The van der Waals surface area contributed by atoms with Crippen molar-refractivity contribution in [3.8, 4) is 6.07 Å². The van der Waals surface area contributed by atoms with E-state index in [0.717, 1.165) is 32.7 Å². The van der Waals surface area contributed by atoms with Gasteiger partial charge in [0.25, 0.3) is 5.91 Å². The molecule has 1 saturated heterocycles. The molecule has 2 N–H and O–H groups in total. The lowest BCUT2D eigenvalue weighted by atomic mass is 9.88. The Hall–Kier alpha value is -2.69. The van der Waals surface area contributed by atoms with Gasteiger partial charge in [0, 0.05) is 31.4 Å². The smallest absolute Gasteiger partial charge is 0.287 e. The third kappa shape index (κ3) is 6.39. The van der Waals surface area contributed by atoms with Gasteiger partial charge in [-0.3, -0.25) is 9.69 Å². The first kappa shape index (κ1) is 23.0. The summed E-state index contributed by atoms with van der Waals surface area (Å²) in [7, 11) is 0. The molecule has 0 aromatic carbocycles. The summed E-state index contributed by atoms with van der Waals surface area (Å²) in [4.78, 5) is 21.3. The van der Waals surface area contributed by atoms with Gasteiger partial charge in [-0.15, -0.1) is 0 Å². The lowest BCUT2D eigenvalue weighted by molar-refractivity contribution is 0.00234. The number of amides is 1. The molecule has 0 spiro atoms. The highest BCUT2D eigenvalue weighted by molar-refractivity contribution is 5.90. The van der Waals surface area contributed by atoms with Crippen LogP contribution in [0, 0.1) is 11.3 Å². The van der Waals surface area contributed by atoms with Crippen LogP contribution in [0.3, 0.4) is 0 Å². The van der Waals surface area contributed by atoms with Crippen molar-refractivity contribution in [1.29, 1.82) is 5.26 Å². The van der Waals surface area contributed by atoms with Crippen LogP contribution in [0.1, 0.15) is 62.3 Å². The molecule has 0 atom stereocenters. The molecule has 0 saturated carbocycles. The number of nitrogens with zero attached hydrogens (tertiary/aromatic N) is 3. The van der Waals surface area contributed by atoms with Crippen LogP contribution in [-0.4, -0.2) is 59.2 Å². The standard InChI is InChI=1S/C24H33N5O2/c1-24(2,29-13-15-31-16-14-29)20(11-10-19-7-4-3-5-8-19)9-6-12-26-23(30)22-27-18-21(17-25)28-22/h6-7,9,11,18H,3-5,8,10,12-16H2,1-2H3,(H,26,30)(H,27,28)/b9-6-,20-11+. The van der Waals surface area contributed by atoms with Crippen molar-refractivity contribution < 1.29 is 9.53 Å². The minimum absolute atomic E-state index is 0.123. The van der Waals surface area contributed by atoms with Gasteiger partial charge < -0.3 is 15.0 Å². The lowest BCUT2D eigenvalue weighted by Crippen LogP contribution is -2.50. The van der Waals surface area contributed by atoms with E-state index in [1.165, 1.54) is 43.0 Å². The second-order valence-corrected chi connectivity index (χ2v) is 8.49. The number of hydrogen-bond donors (Lipinski definition) is 2. The van der Waals surface area contributed by atoms with Crippen molar-refractivity contribution in [2.75, 3.05) is 32.8 Å². The monoisotopic (exact) mass is 423 g/mol. The van der Waals surface area contributed by atoms with Gasteiger partial charge in [0.1, 0.15) is 6.07 Å². The van der Waals surface area contributed by atoms with Crippen molar-refractivity contribution in [2.45, 2.75) is 51.5 Å². The van der Waals surface area contributed by atoms with Gasteiger partial charge in [-0.2, -0.15) is 5.26 Å². The highest BCUT2D eigenvalue weighted by Crippen LogP contribution is 2.29. The van der Waals surface area contributed by atoms with Gasteiger partial charge in [-0.05, 0) is 51.5 Å². The minimum atomic E-state index is -0.323. The fraction of sp³-hybridized carbons (Fsp3) is 0.542. The molecule has 1 aromatic heterocycles. The zero-order valence-electron chi connectivity index (χ0n) is 18.6. The van der Waals surface area contributed by atoms with Crippen molar-refractivity contribution >= 4 is 5.91 Å². The molecule has 0 radical (unpaired) electrons. The van der Waals surface area contributed by atoms with E-state index >= 15 is 0 Å². The molecule has 3 rings (SSSR count). The lowest BCUT2D eigenvalue weighted by Gasteiger charge is -2.42. The normalized spacial score (nSPS) is 18.6. The molecule has 7 nitrogen and oxygen atoms in total. The first-order chi connectivity index (χ1) is 15.0. The number of H-pyrrole nitrogens is 1. The maximum atomic E-state index is 12.2. The molecular weight excluding hydrogens is 390 g/mol. The largest absolute Gasteiger partial charge is 0.379 e. The van der Waals surface area contributed by atoms with Crippen LogP contribution in [0.5, 0.6) is 0 Å². The van der Waals surface area contributed by atoms with E-state index in [9.17, 15) is 4.79 Å². The van der Waals surface area contributed by atoms with E-state index < -0.39 is 0 Å². The molecule has 31 heavy (non-hydrogen) atoms. The molecule has 166 valence electrons. The Morgan fingerprint density at radius 2 is 2.19 bits per heavy atom. The van der Waals surface area contributed by atoms with Crippen LogP contribution in [0.2, 0.25) is 0 Å². The Bertz CT molecular complexity index is 882. The van der Waals surface area contributed by atoms with Gasteiger partial charge >= 0.3 is 0 Å². The molecule has 1 aromatic rings. The molecule has 1 aliphatic carbocycles. The summed E-state index contributed by atoms with van der Waals surface area (Å²) in [5.74, 6) is -0.171. The molecule has 1 amide bonds. The average Bonchev–Trinajstić information content (AvgIpc) is 3.29. The fourth-order valence-electron chi connectivity index (χ4n) is 4.07. The number of hydrogen-bond acceptors (Lipinski definition) is 5. The second-order valence-electron chi connectivity index (χ2n) is 8.49. The van der Waals surface area contributed by atoms with Crippen molar-refractivity contribution in [3.05, 3.63) is 53.2 Å². The van der Waals surface area contributed by atoms with Crippen molar-refractivity contribution in [1.82, 2.24) is 20.2 Å². The number of carbonyl (C=O) groups excluding carboxylic acids is 1. The van der Waals surface area contributed by atoms with Crippen LogP contribution >= 0.6 is 0 Å². The topological polar surface area (TPSA) is 94.0 Å². The number of imidazole rings is 1. The summed E-state index contributed by atoms with van der Waals surface area (Å²) < 4.78 is 5.54. The summed E-state index contributed by atoms with van der Waals surface area (Å²) in [5.41, 5.74) is 2.85. The minimum Gasteiger partial charge on any atom is -0.379 e. The zero-order chi connectivity index (χ0) is 22.1. The van der Waals surface area contributed by atoms with Gasteiger partial charge in [-0.1, -0.05) is 29.9 Å². The summed E-state index contributed by atoms with van der Waals surface area (Å²) in [6.07, 6.45) is 16.2. The molecule has 2 heterocycles. The zero-order valence-corrected chi connectivity index (χ0v) is 18.6. The second kappa shape index (κ2) is 11.1. The van der Waals surface area contributed by atoms with Gasteiger partial charge in [-0.25, -0.2) is 4.98 Å². The fourth-order valence-corrected chi connectivity index (χ4v) is 4.07. The number of aromatic nitrogens is 2. The molecule has 7 heteroatoms. The van der Waals surface area contributed by atoms with E-state index in [4.69, 9.17) is 10.00 Å². The summed E-state index contributed by atoms with van der Waals surface area (Å²) >= 11 is 0. The van der Waals surface area contributed by atoms with E-state index in [0.29, 0.717) is 6.54 Å². The van der Waals surface area contributed by atoms with Crippen molar-refractivity contribution in [3.63, 3.8) is 0 Å². The van der Waals surface area contributed by atoms with Crippen molar-refractivity contribution in [2.24, 2.45) is 0 Å². The Morgan fingerprint density at radius 3 is 2.87 bits per heavy atom. The first-order valence-electron chi connectivity index (χ1n) is 11.1. The number of morpholine rings is 1. The maximum Gasteiger partial charge on any atom is 0.287 e. The van der Waals surface area contributed by atoms with E-state index in [2.05, 4.69) is 52.3 Å². The Balaban J connectivity index is 1.66. The van der Waals surface area contributed by atoms with Crippen LogP contribution in [-0.2, 0) is 4.74 Å². The Morgan fingerprint density at radius 1 is 1.39 bits per heavy atom.